The second-order valence-electron chi connectivity index (χ2n) is 5.26. The Balaban J connectivity index is 1.50. The predicted octanol–water partition coefficient (Wildman–Crippen LogP) is 3.51. The maximum absolute atomic E-state index is 4.66. The van der Waals surface area contributed by atoms with Gasteiger partial charge in [-0.05, 0) is 37.4 Å². The van der Waals surface area contributed by atoms with Gasteiger partial charge in [0.25, 0.3) is 0 Å². The number of nitrogens with one attached hydrogen (secondary N) is 1. The van der Waals surface area contributed by atoms with Crippen LogP contribution >= 0.6 is 0 Å². The number of para-hydroxylation sites is 1. The van der Waals surface area contributed by atoms with Crippen molar-refractivity contribution in [3.8, 4) is 0 Å². The number of hydrogen-bond donors (Lipinski definition) is 1. The molecule has 0 aliphatic heterocycles. The summed E-state index contributed by atoms with van der Waals surface area (Å²) in [6, 6.07) is 12.6. The van der Waals surface area contributed by atoms with Gasteiger partial charge in [0.05, 0.1) is 11.2 Å². The molecule has 18 heavy (non-hydrogen) atoms. The van der Waals surface area contributed by atoms with Crippen LogP contribution in [-0.4, -0.2) is 11.5 Å². The number of benzene rings is 1. The molecule has 0 unspecified atom stereocenters. The van der Waals surface area contributed by atoms with Gasteiger partial charge in [-0.25, -0.2) is 0 Å². The molecule has 1 aromatic heterocycles. The number of nitrogens with zero attached hydrogens (tertiary/aromatic N) is 1. The number of fused-ring (bicyclic) bond motifs is 1. The van der Waals surface area contributed by atoms with E-state index in [0.29, 0.717) is 0 Å². The van der Waals surface area contributed by atoms with E-state index in [4.69, 9.17) is 0 Å². The van der Waals surface area contributed by atoms with E-state index >= 15 is 0 Å². The number of rotatable bonds is 6. The van der Waals surface area contributed by atoms with Crippen molar-refractivity contribution >= 4 is 10.9 Å². The van der Waals surface area contributed by atoms with Crippen molar-refractivity contribution < 1.29 is 0 Å². The maximum atomic E-state index is 4.66. The highest BCUT2D eigenvalue weighted by molar-refractivity contribution is 5.78. The summed E-state index contributed by atoms with van der Waals surface area (Å²) in [6.45, 7) is 2.00. The van der Waals surface area contributed by atoms with Gasteiger partial charge in [0.15, 0.2) is 0 Å². The van der Waals surface area contributed by atoms with Crippen molar-refractivity contribution in [2.24, 2.45) is 5.92 Å². The summed E-state index contributed by atoms with van der Waals surface area (Å²) < 4.78 is 0. The molecule has 0 amide bonds. The molecular weight excluding hydrogens is 220 g/mol. The molecule has 3 rings (SSSR count). The van der Waals surface area contributed by atoms with Crippen LogP contribution < -0.4 is 5.32 Å². The average Bonchev–Trinajstić information content (AvgIpc) is 3.22. The molecule has 2 heteroatoms. The van der Waals surface area contributed by atoms with Crippen LogP contribution in [0, 0.1) is 5.92 Å². The fourth-order valence-corrected chi connectivity index (χ4v) is 2.35. The Morgan fingerprint density at radius 3 is 2.89 bits per heavy atom. The van der Waals surface area contributed by atoms with Crippen LogP contribution in [0.3, 0.4) is 0 Å². The van der Waals surface area contributed by atoms with Gasteiger partial charge in [-0.3, -0.25) is 4.98 Å². The summed E-state index contributed by atoms with van der Waals surface area (Å²) in [4.78, 5) is 4.66. The fourth-order valence-electron chi connectivity index (χ4n) is 2.35. The molecule has 0 spiro atoms. The van der Waals surface area contributed by atoms with Gasteiger partial charge >= 0.3 is 0 Å². The van der Waals surface area contributed by atoms with E-state index < -0.39 is 0 Å². The van der Waals surface area contributed by atoms with Crippen molar-refractivity contribution in [2.75, 3.05) is 6.54 Å². The molecule has 1 heterocycles. The van der Waals surface area contributed by atoms with Gasteiger partial charge in [0, 0.05) is 11.9 Å². The largest absolute Gasteiger partial charge is 0.311 e. The van der Waals surface area contributed by atoms with Gasteiger partial charge < -0.3 is 5.32 Å². The maximum Gasteiger partial charge on any atom is 0.0705 e. The van der Waals surface area contributed by atoms with Crippen LogP contribution in [0.5, 0.6) is 0 Å². The molecular formula is C16H20N2. The lowest BCUT2D eigenvalue weighted by molar-refractivity contribution is 0.590. The molecule has 1 N–H and O–H groups in total. The molecule has 0 bridgehead atoms. The Morgan fingerprint density at radius 1 is 1.11 bits per heavy atom. The Kier molecular flexibility index (Phi) is 3.56. The number of aromatic nitrogens is 1. The summed E-state index contributed by atoms with van der Waals surface area (Å²) in [5, 5.41) is 4.70. The summed E-state index contributed by atoms with van der Waals surface area (Å²) in [5.74, 6) is 1.05. The fraction of sp³-hybridized carbons (Fsp3) is 0.438. The third kappa shape index (κ3) is 3.08. The van der Waals surface area contributed by atoms with E-state index in [1.54, 1.807) is 0 Å². The van der Waals surface area contributed by atoms with E-state index in [9.17, 15) is 0 Å². The van der Waals surface area contributed by atoms with E-state index in [1.165, 1.54) is 31.1 Å². The van der Waals surface area contributed by atoms with Crippen LogP contribution in [0.2, 0.25) is 0 Å². The minimum absolute atomic E-state index is 0.884. The lowest BCUT2D eigenvalue weighted by atomic mass is 10.2. The van der Waals surface area contributed by atoms with Crippen molar-refractivity contribution in [3.05, 3.63) is 42.1 Å². The van der Waals surface area contributed by atoms with Crippen LogP contribution in [-0.2, 0) is 6.54 Å². The van der Waals surface area contributed by atoms with Crippen molar-refractivity contribution in [1.29, 1.82) is 0 Å². The standard InChI is InChI=1S/C16H20N2/c1-2-6-16-14(5-1)9-10-15(18-16)12-17-11-3-4-13-7-8-13/h1-2,5-6,9-10,13,17H,3-4,7-8,11-12H2. The van der Waals surface area contributed by atoms with Crippen molar-refractivity contribution in [1.82, 2.24) is 10.3 Å². The first kappa shape index (κ1) is 11.7. The zero-order chi connectivity index (χ0) is 12.2. The predicted molar refractivity (Wildman–Crippen MR) is 75.4 cm³/mol. The molecule has 1 aliphatic carbocycles. The highest BCUT2D eigenvalue weighted by Crippen LogP contribution is 2.33. The monoisotopic (exact) mass is 240 g/mol. The third-order valence-electron chi connectivity index (χ3n) is 3.63. The van der Waals surface area contributed by atoms with Crippen molar-refractivity contribution in [2.45, 2.75) is 32.2 Å². The molecule has 2 nitrogen and oxygen atoms in total. The molecule has 0 saturated heterocycles. The third-order valence-corrected chi connectivity index (χ3v) is 3.63. The summed E-state index contributed by atoms with van der Waals surface area (Å²) in [5.41, 5.74) is 2.23. The Morgan fingerprint density at radius 2 is 2.00 bits per heavy atom. The summed E-state index contributed by atoms with van der Waals surface area (Å²) in [7, 11) is 0. The lowest BCUT2D eigenvalue weighted by Crippen LogP contribution is -2.15. The minimum atomic E-state index is 0.884. The zero-order valence-electron chi connectivity index (χ0n) is 10.7. The molecule has 1 aromatic carbocycles. The molecule has 0 radical (unpaired) electrons. The quantitative estimate of drug-likeness (QED) is 0.781. The molecule has 94 valence electrons. The molecule has 0 atom stereocenters. The normalized spacial score (nSPS) is 15.1. The van der Waals surface area contributed by atoms with Gasteiger partial charge in [0.1, 0.15) is 0 Å². The van der Waals surface area contributed by atoms with Gasteiger partial charge in [-0.2, -0.15) is 0 Å². The van der Waals surface area contributed by atoms with Gasteiger partial charge in [0.2, 0.25) is 0 Å². The van der Waals surface area contributed by atoms with Gasteiger partial charge in [-0.15, -0.1) is 0 Å². The first-order chi connectivity index (χ1) is 8.92. The van der Waals surface area contributed by atoms with E-state index in [-0.39, 0.29) is 0 Å². The Bertz CT molecular complexity index is 517. The molecule has 1 aliphatic rings. The smallest absolute Gasteiger partial charge is 0.0705 e. The van der Waals surface area contributed by atoms with Gasteiger partial charge in [-0.1, -0.05) is 37.1 Å². The second-order valence-corrected chi connectivity index (χ2v) is 5.26. The molecule has 1 saturated carbocycles. The summed E-state index contributed by atoms with van der Waals surface area (Å²) in [6.07, 6.45) is 5.63. The van der Waals surface area contributed by atoms with E-state index in [1.807, 2.05) is 6.07 Å². The highest BCUT2D eigenvalue weighted by Gasteiger charge is 2.19. The molecule has 1 fully saturated rings. The molecule has 2 aromatic rings. The second kappa shape index (κ2) is 5.49. The summed E-state index contributed by atoms with van der Waals surface area (Å²) >= 11 is 0. The van der Waals surface area contributed by atoms with Crippen LogP contribution in [0.4, 0.5) is 0 Å². The average molecular weight is 240 g/mol. The number of pyridine rings is 1. The highest BCUT2D eigenvalue weighted by atomic mass is 14.9. The first-order valence-electron chi connectivity index (χ1n) is 6.97. The Hall–Kier alpha value is -1.41. The minimum Gasteiger partial charge on any atom is -0.311 e. The van der Waals surface area contributed by atoms with E-state index in [2.05, 4.69) is 40.6 Å². The first-order valence-corrected chi connectivity index (χ1v) is 6.97. The number of hydrogen-bond acceptors (Lipinski definition) is 2. The lowest BCUT2D eigenvalue weighted by Gasteiger charge is -2.05. The van der Waals surface area contributed by atoms with Crippen LogP contribution in [0.15, 0.2) is 36.4 Å². The van der Waals surface area contributed by atoms with Crippen molar-refractivity contribution in [3.63, 3.8) is 0 Å². The van der Waals surface area contributed by atoms with E-state index in [0.717, 1.165) is 30.2 Å². The van der Waals surface area contributed by atoms with Crippen LogP contribution in [0.1, 0.15) is 31.4 Å². The topological polar surface area (TPSA) is 24.9 Å². The zero-order valence-corrected chi connectivity index (χ0v) is 10.7. The SMILES string of the molecule is c1ccc2nc(CNCCCC3CC3)ccc2c1. The van der Waals surface area contributed by atoms with Crippen LogP contribution in [0.25, 0.3) is 10.9 Å². The Labute approximate surface area is 108 Å².